The highest BCUT2D eigenvalue weighted by Crippen LogP contribution is 2.44. The van der Waals surface area contributed by atoms with Gasteiger partial charge in [-0.3, -0.25) is 10.1 Å². The van der Waals surface area contributed by atoms with Crippen molar-refractivity contribution in [2.24, 2.45) is 17.8 Å². The van der Waals surface area contributed by atoms with Gasteiger partial charge in [0, 0.05) is 16.1 Å². The molecule has 0 heterocycles. The second kappa shape index (κ2) is 9.81. The molecule has 3 rings (SSSR count). The molecule has 166 valence electrons. The Kier molecular flexibility index (Phi) is 7.36. The maximum absolute atomic E-state index is 13.4. The van der Waals surface area contributed by atoms with Crippen LogP contribution in [0.4, 0.5) is 5.69 Å². The number of nitro benzene ring substituents is 1. The van der Waals surface area contributed by atoms with Gasteiger partial charge in [0.05, 0.1) is 23.2 Å². The van der Waals surface area contributed by atoms with Crippen LogP contribution < -0.4 is 4.74 Å². The molecule has 0 bridgehead atoms. The zero-order valence-electron chi connectivity index (χ0n) is 18.3. The van der Waals surface area contributed by atoms with E-state index in [0.29, 0.717) is 39.1 Å². The highest BCUT2D eigenvalue weighted by Gasteiger charge is 2.35. The molecule has 0 unspecified atom stereocenters. The minimum absolute atomic E-state index is 0.112. The van der Waals surface area contributed by atoms with Crippen LogP contribution in [0.3, 0.4) is 0 Å². The second-order valence-electron chi connectivity index (χ2n) is 8.54. The molecule has 6 nitrogen and oxygen atoms in total. The highest BCUT2D eigenvalue weighted by molar-refractivity contribution is 9.10. The van der Waals surface area contributed by atoms with Gasteiger partial charge in [-0.2, -0.15) is 0 Å². The van der Waals surface area contributed by atoms with E-state index < -0.39 is 10.9 Å². The van der Waals surface area contributed by atoms with Crippen LogP contribution in [0.1, 0.15) is 50.4 Å². The van der Waals surface area contributed by atoms with Crippen LogP contribution in [0.5, 0.6) is 5.75 Å². The average molecular weight is 490 g/mol. The number of halogens is 1. The molecule has 0 amide bonds. The summed E-state index contributed by atoms with van der Waals surface area (Å²) < 4.78 is 12.0. The molecule has 0 N–H and O–H groups in total. The Morgan fingerprint density at radius 1 is 1.16 bits per heavy atom. The van der Waals surface area contributed by atoms with Crippen LogP contribution in [-0.4, -0.2) is 24.1 Å². The van der Waals surface area contributed by atoms with Gasteiger partial charge in [-0.15, -0.1) is 0 Å². The van der Waals surface area contributed by atoms with Gasteiger partial charge in [-0.05, 0) is 64.7 Å². The molecular formula is C24H28BrNO5. The van der Waals surface area contributed by atoms with E-state index in [4.69, 9.17) is 9.47 Å². The van der Waals surface area contributed by atoms with Crippen LogP contribution >= 0.6 is 15.9 Å². The van der Waals surface area contributed by atoms with Crippen molar-refractivity contribution < 1.29 is 19.2 Å². The van der Waals surface area contributed by atoms with E-state index in [9.17, 15) is 14.9 Å². The smallest absolute Gasteiger partial charge is 0.339 e. The third kappa shape index (κ3) is 4.92. The van der Waals surface area contributed by atoms with E-state index in [-0.39, 0.29) is 17.4 Å². The zero-order valence-corrected chi connectivity index (χ0v) is 19.8. The van der Waals surface area contributed by atoms with Crippen molar-refractivity contribution in [2.75, 3.05) is 7.11 Å². The average Bonchev–Trinajstić information content (AvgIpc) is 2.72. The normalized spacial score (nSPS) is 21.0. The summed E-state index contributed by atoms with van der Waals surface area (Å²) in [6.45, 7) is 6.49. The van der Waals surface area contributed by atoms with Crippen molar-refractivity contribution in [3.8, 4) is 16.9 Å². The number of hydrogen-bond acceptors (Lipinski definition) is 5. The Hall–Kier alpha value is -2.41. The molecule has 1 fully saturated rings. The molecular weight excluding hydrogens is 462 g/mol. The molecule has 0 spiro atoms. The quantitative estimate of drug-likeness (QED) is 0.257. The number of methoxy groups -OCH3 is 1. The molecule has 0 radical (unpaired) electrons. The summed E-state index contributed by atoms with van der Waals surface area (Å²) in [7, 11) is 1.48. The summed E-state index contributed by atoms with van der Waals surface area (Å²) in [6, 6.07) is 9.75. The van der Waals surface area contributed by atoms with Gasteiger partial charge in [-0.1, -0.05) is 39.3 Å². The first-order valence-electron chi connectivity index (χ1n) is 10.6. The number of esters is 1. The van der Waals surface area contributed by atoms with Crippen molar-refractivity contribution in [2.45, 2.75) is 46.1 Å². The largest absolute Gasteiger partial charge is 0.496 e. The van der Waals surface area contributed by atoms with E-state index in [1.807, 2.05) is 0 Å². The van der Waals surface area contributed by atoms with E-state index in [2.05, 4.69) is 36.7 Å². The highest BCUT2D eigenvalue weighted by atomic mass is 79.9. The van der Waals surface area contributed by atoms with Crippen LogP contribution in [0.2, 0.25) is 0 Å². The molecule has 2 aromatic carbocycles. The van der Waals surface area contributed by atoms with Gasteiger partial charge in [-0.25, -0.2) is 4.79 Å². The van der Waals surface area contributed by atoms with Gasteiger partial charge >= 0.3 is 5.97 Å². The summed E-state index contributed by atoms with van der Waals surface area (Å²) in [4.78, 5) is 24.6. The molecule has 0 aliphatic heterocycles. The minimum Gasteiger partial charge on any atom is -0.496 e. The van der Waals surface area contributed by atoms with Crippen molar-refractivity contribution in [3.05, 3.63) is 56.5 Å². The lowest BCUT2D eigenvalue weighted by molar-refractivity contribution is -0.384. The van der Waals surface area contributed by atoms with Crippen LogP contribution in [0.25, 0.3) is 11.1 Å². The first kappa shape index (κ1) is 23.3. The maximum Gasteiger partial charge on any atom is 0.339 e. The van der Waals surface area contributed by atoms with E-state index in [1.165, 1.54) is 13.2 Å². The number of rotatable bonds is 6. The number of nitro groups is 1. The molecule has 7 heteroatoms. The van der Waals surface area contributed by atoms with Crippen molar-refractivity contribution in [3.63, 3.8) is 0 Å². The first-order valence-corrected chi connectivity index (χ1v) is 11.3. The van der Waals surface area contributed by atoms with Crippen molar-refractivity contribution in [1.82, 2.24) is 0 Å². The number of hydrogen-bond donors (Lipinski definition) is 0. The fourth-order valence-corrected chi connectivity index (χ4v) is 5.05. The third-order valence-corrected chi connectivity index (χ3v) is 6.78. The second-order valence-corrected chi connectivity index (χ2v) is 9.40. The lowest BCUT2D eigenvalue weighted by Crippen LogP contribution is -2.36. The van der Waals surface area contributed by atoms with Crippen LogP contribution in [-0.2, 0) is 4.74 Å². The zero-order chi connectivity index (χ0) is 22.7. The predicted molar refractivity (Wildman–Crippen MR) is 123 cm³/mol. The van der Waals surface area contributed by atoms with Gasteiger partial charge in [0.15, 0.2) is 0 Å². The number of carbonyl (C=O) groups excluding carboxylic acids is 1. The summed E-state index contributed by atoms with van der Waals surface area (Å²) in [5, 5.41) is 11.7. The number of nitrogens with zero attached hydrogens (tertiary/aromatic N) is 1. The van der Waals surface area contributed by atoms with Crippen LogP contribution in [0, 0.1) is 27.9 Å². The van der Waals surface area contributed by atoms with E-state index in [0.717, 1.165) is 19.3 Å². The monoisotopic (exact) mass is 489 g/mol. The lowest BCUT2D eigenvalue weighted by Gasteiger charge is -2.36. The minimum atomic E-state index is -0.483. The molecule has 3 atom stereocenters. The molecule has 1 aliphatic rings. The van der Waals surface area contributed by atoms with Gasteiger partial charge in [0.25, 0.3) is 5.69 Å². The molecule has 2 aromatic rings. The number of benzene rings is 2. The first-order chi connectivity index (χ1) is 14.7. The Morgan fingerprint density at radius 2 is 1.87 bits per heavy atom. The Labute approximate surface area is 191 Å². The Bertz CT molecular complexity index is 974. The van der Waals surface area contributed by atoms with Crippen molar-refractivity contribution >= 4 is 27.6 Å². The SMILES string of the molecule is COc1cccc(C(=O)O[C@@H]2C[C@H](C)CC[C@H]2C(C)C)c1-c1c(Br)cccc1[N+](=O)[O-]. The third-order valence-electron chi connectivity index (χ3n) is 6.12. The standard InChI is InChI=1S/C24H28BrNO5/c1-14(2)16-12-11-15(3)13-21(16)31-24(27)17-7-5-10-20(30-4)22(17)23-18(25)8-6-9-19(23)26(28)29/h5-10,14-16,21H,11-13H2,1-4H3/t15-,16+,21-/m1/s1. The van der Waals surface area contributed by atoms with Crippen LogP contribution in [0.15, 0.2) is 40.9 Å². The molecule has 31 heavy (non-hydrogen) atoms. The van der Waals surface area contributed by atoms with Gasteiger partial charge in [0.2, 0.25) is 0 Å². The fraction of sp³-hybridized carbons (Fsp3) is 0.458. The fourth-order valence-electron chi connectivity index (χ4n) is 4.49. The van der Waals surface area contributed by atoms with Gasteiger partial charge < -0.3 is 9.47 Å². The Morgan fingerprint density at radius 3 is 2.52 bits per heavy atom. The predicted octanol–water partition coefficient (Wildman–Crippen LogP) is 6.65. The molecule has 0 saturated heterocycles. The summed E-state index contributed by atoms with van der Waals surface area (Å²) in [5.74, 6) is 1.08. The molecule has 1 aliphatic carbocycles. The van der Waals surface area contributed by atoms with Crippen molar-refractivity contribution in [1.29, 1.82) is 0 Å². The summed E-state index contributed by atoms with van der Waals surface area (Å²) in [5.41, 5.74) is 0.808. The topological polar surface area (TPSA) is 78.7 Å². The summed E-state index contributed by atoms with van der Waals surface area (Å²) >= 11 is 3.42. The lowest BCUT2D eigenvalue weighted by atomic mass is 9.75. The summed E-state index contributed by atoms with van der Waals surface area (Å²) in [6.07, 6.45) is 2.80. The van der Waals surface area contributed by atoms with Gasteiger partial charge in [0.1, 0.15) is 11.9 Å². The molecule has 0 aromatic heterocycles. The Balaban J connectivity index is 2.08. The van der Waals surface area contributed by atoms with E-state index >= 15 is 0 Å². The number of ether oxygens (including phenoxy) is 2. The van der Waals surface area contributed by atoms with E-state index in [1.54, 1.807) is 30.3 Å². The number of carbonyl (C=O) groups is 1. The maximum atomic E-state index is 13.4. The molecule has 1 saturated carbocycles.